The first-order valence-electron chi connectivity index (χ1n) is 19.5. The number of amides is 2. The number of nitrogens with zero attached hydrogens (tertiary/aromatic N) is 3. The van der Waals surface area contributed by atoms with Crippen LogP contribution in [-0.4, -0.2) is 40.2 Å². The van der Waals surface area contributed by atoms with Gasteiger partial charge in [-0.25, -0.2) is 9.78 Å². The molecule has 0 bridgehead atoms. The van der Waals surface area contributed by atoms with E-state index in [4.69, 9.17) is 9.72 Å². The van der Waals surface area contributed by atoms with E-state index in [1.165, 1.54) is 11.1 Å². The smallest absolute Gasteiger partial charge is 0.323 e. The molecule has 6 aromatic rings. The molecule has 0 fully saturated rings. The number of benzene rings is 4. The van der Waals surface area contributed by atoms with Gasteiger partial charge in [-0.2, -0.15) is 0 Å². The second-order valence-corrected chi connectivity index (χ2v) is 14.6. The van der Waals surface area contributed by atoms with Crippen LogP contribution in [-0.2, 0) is 19.5 Å². The lowest BCUT2D eigenvalue weighted by Gasteiger charge is -2.22. The van der Waals surface area contributed by atoms with Gasteiger partial charge in [-0.15, -0.1) is 0 Å². The number of aromatic nitrogens is 2. The van der Waals surface area contributed by atoms with Gasteiger partial charge in [0.15, 0.2) is 0 Å². The molecular weight excluding hydrogens is 683 g/mol. The number of para-hydroxylation sites is 1. The van der Waals surface area contributed by atoms with Crippen LogP contribution < -0.4 is 20.9 Å². The molecule has 0 saturated heterocycles. The quantitative estimate of drug-likeness (QED) is 0.103. The minimum absolute atomic E-state index is 0.184. The zero-order chi connectivity index (χ0) is 38.7. The molecule has 284 valence electrons. The third-order valence-corrected chi connectivity index (χ3v) is 10.1. The lowest BCUT2D eigenvalue weighted by atomic mass is 9.93. The second kappa shape index (κ2) is 18.5. The molecule has 55 heavy (non-hydrogen) atoms. The fraction of sp³-hybridized carbons (Fsp3) is 0.298. The van der Waals surface area contributed by atoms with Crippen molar-refractivity contribution in [2.24, 2.45) is 0 Å². The first-order valence-corrected chi connectivity index (χ1v) is 19.5. The molecule has 0 atom stereocenters. The molecule has 0 aliphatic heterocycles. The molecule has 2 N–H and O–H groups in total. The average molecular weight is 736 g/mol. The minimum atomic E-state index is -0.474. The zero-order valence-corrected chi connectivity index (χ0v) is 32.7. The van der Waals surface area contributed by atoms with Crippen molar-refractivity contribution in [3.05, 3.63) is 154 Å². The van der Waals surface area contributed by atoms with Crippen molar-refractivity contribution in [1.29, 1.82) is 0 Å². The first kappa shape index (κ1) is 39.0. The maximum atomic E-state index is 14.7. The highest BCUT2D eigenvalue weighted by molar-refractivity contribution is 6.07. The fourth-order valence-corrected chi connectivity index (χ4v) is 7.17. The number of nitrogens with one attached hydrogen (secondary N) is 2. The Hall–Kier alpha value is -5.73. The van der Waals surface area contributed by atoms with Gasteiger partial charge in [0.05, 0.1) is 0 Å². The van der Waals surface area contributed by atoms with Crippen LogP contribution in [0, 0.1) is 0 Å². The van der Waals surface area contributed by atoms with Gasteiger partial charge in [0.2, 0.25) is 0 Å². The van der Waals surface area contributed by atoms with E-state index < -0.39 is 6.03 Å². The van der Waals surface area contributed by atoms with Crippen molar-refractivity contribution in [3.63, 3.8) is 0 Å². The SMILES string of the molecule is CCN(CCOc1cccc(-c2c(NC(=O)Nc3c(C(C)C)cccc3C(C)C)c(=O)n(CCCc3ccccc3)c3ncccc23)c1)Cc1ccccc1. The maximum Gasteiger partial charge on any atom is 0.323 e. The van der Waals surface area contributed by atoms with Gasteiger partial charge >= 0.3 is 6.03 Å². The number of fused-ring (bicyclic) bond motifs is 1. The molecule has 2 heterocycles. The summed E-state index contributed by atoms with van der Waals surface area (Å²) in [6.07, 6.45) is 3.24. The lowest BCUT2D eigenvalue weighted by Crippen LogP contribution is -2.30. The van der Waals surface area contributed by atoms with Crippen molar-refractivity contribution in [2.75, 3.05) is 30.3 Å². The third-order valence-electron chi connectivity index (χ3n) is 10.1. The number of anilines is 2. The van der Waals surface area contributed by atoms with Crippen molar-refractivity contribution >= 4 is 28.4 Å². The number of ether oxygens (including phenoxy) is 1. The van der Waals surface area contributed by atoms with Crippen LogP contribution in [0.1, 0.15) is 75.1 Å². The van der Waals surface area contributed by atoms with Gasteiger partial charge in [0.1, 0.15) is 23.7 Å². The summed E-state index contributed by atoms with van der Waals surface area (Å²) in [5, 5.41) is 6.97. The molecule has 4 aromatic carbocycles. The molecular formula is C47H53N5O3. The van der Waals surface area contributed by atoms with E-state index in [2.05, 4.69) is 86.6 Å². The number of likely N-dealkylation sites (N-methyl/N-ethyl adjacent to an activating group) is 1. The fourth-order valence-electron chi connectivity index (χ4n) is 7.17. The van der Waals surface area contributed by atoms with Gasteiger partial charge in [-0.05, 0) is 83.3 Å². The molecule has 0 unspecified atom stereocenters. The Kier molecular flexibility index (Phi) is 13.1. The Bertz CT molecular complexity index is 2220. The van der Waals surface area contributed by atoms with Crippen LogP contribution in [0.5, 0.6) is 5.75 Å². The first-order chi connectivity index (χ1) is 26.7. The van der Waals surface area contributed by atoms with Gasteiger partial charge in [-0.1, -0.05) is 126 Å². The van der Waals surface area contributed by atoms with E-state index in [1.54, 1.807) is 10.8 Å². The van der Waals surface area contributed by atoms with Crippen molar-refractivity contribution in [2.45, 2.75) is 72.4 Å². The molecule has 0 spiro atoms. The Morgan fingerprint density at radius 1 is 0.782 bits per heavy atom. The maximum absolute atomic E-state index is 14.7. The summed E-state index contributed by atoms with van der Waals surface area (Å²) in [5.74, 6) is 1.05. The average Bonchev–Trinajstić information content (AvgIpc) is 3.19. The van der Waals surface area contributed by atoms with Crippen LogP contribution in [0.2, 0.25) is 0 Å². The molecule has 8 nitrogen and oxygen atoms in total. The summed E-state index contributed by atoms with van der Waals surface area (Å²) in [4.78, 5) is 35.9. The number of carbonyl (C=O) groups is 1. The van der Waals surface area contributed by atoms with Crippen molar-refractivity contribution in [1.82, 2.24) is 14.5 Å². The van der Waals surface area contributed by atoms with E-state index in [9.17, 15) is 9.59 Å². The van der Waals surface area contributed by atoms with Gasteiger partial charge < -0.3 is 15.4 Å². The number of carbonyl (C=O) groups excluding carboxylic acids is 1. The molecule has 0 aliphatic carbocycles. The number of hydrogen-bond donors (Lipinski definition) is 2. The summed E-state index contributed by atoms with van der Waals surface area (Å²) >= 11 is 0. The summed E-state index contributed by atoms with van der Waals surface area (Å²) in [6.45, 7) is 14.0. The predicted molar refractivity (Wildman–Crippen MR) is 226 cm³/mol. The van der Waals surface area contributed by atoms with Crippen molar-refractivity contribution in [3.8, 4) is 16.9 Å². The molecule has 0 saturated carbocycles. The third kappa shape index (κ3) is 9.69. The Balaban J connectivity index is 1.35. The van der Waals surface area contributed by atoms with E-state index in [-0.39, 0.29) is 23.1 Å². The second-order valence-electron chi connectivity index (χ2n) is 14.6. The van der Waals surface area contributed by atoms with Crippen molar-refractivity contribution < 1.29 is 9.53 Å². The van der Waals surface area contributed by atoms with Crippen LogP contribution in [0.3, 0.4) is 0 Å². The number of aryl methyl sites for hydroxylation is 2. The summed E-state index contributed by atoms with van der Waals surface area (Å²) in [6, 6.07) is 37.9. The minimum Gasteiger partial charge on any atom is -0.492 e. The summed E-state index contributed by atoms with van der Waals surface area (Å²) < 4.78 is 8.03. The van der Waals surface area contributed by atoms with Crippen LogP contribution in [0.4, 0.5) is 16.2 Å². The molecule has 8 heteroatoms. The highest BCUT2D eigenvalue weighted by Crippen LogP contribution is 2.36. The van der Waals surface area contributed by atoms with E-state index >= 15 is 0 Å². The highest BCUT2D eigenvalue weighted by Gasteiger charge is 2.23. The number of urea groups is 1. The number of hydrogen-bond acceptors (Lipinski definition) is 5. The standard InChI is InChI=1S/C47H53N5O3/c1-6-51(32-36-19-11-8-12-20-36)29-30-55-38-23-13-22-37(31-38)42-41-26-15-27-48-45(41)52(28-16-21-35-17-9-7-10-18-35)46(53)44(42)50-47(54)49-43-39(33(2)3)24-14-25-40(43)34(4)5/h7-15,17-20,22-27,31,33-34H,6,16,21,28-30,32H2,1-5H3,(H2,49,50,54). The van der Waals surface area contributed by atoms with E-state index in [1.807, 2.05) is 78.9 Å². The van der Waals surface area contributed by atoms with E-state index in [0.717, 1.165) is 60.2 Å². The Morgan fingerprint density at radius 3 is 2.11 bits per heavy atom. The Morgan fingerprint density at radius 2 is 1.44 bits per heavy atom. The van der Waals surface area contributed by atoms with E-state index in [0.29, 0.717) is 30.1 Å². The number of rotatable bonds is 16. The monoisotopic (exact) mass is 735 g/mol. The largest absolute Gasteiger partial charge is 0.492 e. The molecule has 0 aliphatic rings. The van der Waals surface area contributed by atoms with Gasteiger partial charge in [-0.3, -0.25) is 14.3 Å². The predicted octanol–water partition coefficient (Wildman–Crippen LogP) is 10.5. The zero-order valence-electron chi connectivity index (χ0n) is 32.7. The molecule has 2 aromatic heterocycles. The topological polar surface area (TPSA) is 88.5 Å². The molecule has 0 radical (unpaired) electrons. The summed E-state index contributed by atoms with van der Waals surface area (Å²) in [5.41, 5.74) is 7.13. The highest BCUT2D eigenvalue weighted by atomic mass is 16.5. The summed E-state index contributed by atoms with van der Waals surface area (Å²) in [7, 11) is 0. The van der Waals surface area contributed by atoms with Crippen LogP contribution >= 0.6 is 0 Å². The number of pyridine rings is 2. The molecule has 6 rings (SSSR count). The lowest BCUT2D eigenvalue weighted by molar-refractivity contribution is 0.210. The normalized spacial score (nSPS) is 11.4. The van der Waals surface area contributed by atoms with Crippen LogP contribution in [0.15, 0.2) is 126 Å². The van der Waals surface area contributed by atoms with Gasteiger partial charge in [0.25, 0.3) is 5.56 Å². The molecule has 2 amide bonds. The van der Waals surface area contributed by atoms with Crippen LogP contribution in [0.25, 0.3) is 22.2 Å². The van der Waals surface area contributed by atoms with Gasteiger partial charge in [0, 0.05) is 42.5 Å². The Labute approximate surface area is 325 Å².